The highest BCUT2D eigenvalue weighted by Crippen LogP contribution is 2.23. The minimum atomic E-state index is -1.57. The summed E-state index contributed by atoms with van der Waals surface area (Å²) < 4.78 is 15.5. The van der Waals surface area contributed by atoms with Gasteiger partial charge in [0.05, 0.1) is 13.2 Å². The third-order valence-corrected chi connectivity index (χ3v) is 3.79. The van der Waals surface area contributed by atoms with Crippen LogP contribution in [0.2, 0.25) is 0 Å². The molecular formula is C15H28O9. The molecule has 0 aromatic heterocycles. The van der Waals surface area contributed by atoms with Gasteiger partial charge in [0.25, 0.3) is 0 Å². The highest BCUT2D eigenvalue weighted by atomic mass is 16.7. The van der Waals surface area contributed by atoms with Gasteiger partial charge in [-0.1, -0.05) is 19.8 Å². The van der Waals surface area contributed by atoms with Crippen LogP contribution in [0.3, 0.4) is 0 Å². The highest BCUT2D eigenvalue weighted by molar-refractivity contribution is 5.69. The van der Waals surface area contributed by atoms with Gasteiger partial charge >= 0.3 is 5.97 Å². The fraction of sp³-hybridized carbons (Fsp3) is 0.933. The fourth-order valence-corrected chi connectivity index (χ4v) is 2.28. The van der Waals surface area contributed by atoms with Crippen LogP contribution in [-0.2, 0) is 19.0 Å². The first-order valence-corrected chi connectivity index (χ1v) is 8.17. The second kappa shape index (κ2) is 10.9. The van der Waals surface area contributed by atoms with Crippen molar-refractivity contribution in [1.29, 1.82) is 0 Å². The number of aliphatic hydroxyl groups excluding tert-OH is 5. The van der Waals surface area contributed by atoms with Crippen LogP contribution in [-0.4, -0.2) is 88.1 Å². The summed E-state index contributed by atoms with van der Waals surface area (Å²) in [5.74, 6) is -0.417. The Morgan fingerprint density at radius 3 is 2.42 bits per heavy atom. The minimum absolute atomic E-state index is 0.240. The Labute approximate surface area is 140 Å². The number of aliphatic hydroxyl groups is 5. The van der Waals surface area contributed by atoms with E-state index in [0.29, 0.717) is 6.42 Å². The Hall–Kier alpha value is -0.810. The Morgan fingerprint density at radius 2 is 1.83 bits per heavy atom. The Bertz CT molecular complexity index is 363. The van der Waals surface area contributed by atoms with Crippen LogP contribution in [0.5, 0.6) is 0 Å². The number of rotatable bonds is 10. The van der Waals surface area contributed by atoms with E-state index in [-0.39, 0.29) is 13.0 Å². The lowest BCUT2D eigenvalue weighted by molar-refractivity contribution is -0.315. The number of hydrogen-bond acceptors (Lipinski definition) is 9. The number of unbranched alkanes of at least 4 members (excludes halogenated alkanes) is 2. The average Bonchev–Trinajstić information content (AvgIpc) is 2.58. The van der Waals surface area contributed by atoms with Gasteiger partial charge in [-0.25, -0.2) is 0 Å². The van der Waals surface area contributed by atoms with Crippen LogP contribution < -0.4 is 0 Å². The third kappa shape index (κ3) is 6.25. The first-order chi connectivity index (χ1) is 11.4. The zero-order valence-corrected chi connectivity index (χ0v) is 13.8. The maximum absolute atomic E-state index is 11.5. The number of carbonyl (C=O) groups excluding carboxylic acids is 1. The van der Waals surface area contributed by atoms with Gasteiger partial charge in [-0.15, -0.1) is 0 Å². The molecule has 0 aromatic rings. The predicted octanol–water partition coefficient (Wildman–Crippen LogP) is -1.71. The molecule has 0 amide bonds. The predicted molar refractivity (Wildman–Crippen MR) is 80.8 cm³/mol. The molecule has 1 aliphatic rings. The second-order valence-electron chi connectivity index (χ2n) is 5.78. The van der Waals surface area contributed by atoms with E-state index in [1.165, 1.54) is 0 Å². The fourth-order valence-electron chi connectivity index (χ4n) is 2.28. The van der Waals surface area contributed by atoms with E-state index in [0.717, 1.165) is 12.8 Å². The Balaban J connectivity index is 2.47. The molecule has 0 radical (unpaired) electrons. The van der Waals surface area contributed by atoms with E-state index in [1.807, 2.05) is 6.92 Å². The molecule has 1 rings (SSSR count). The van der Waals surface area contributed by atoms with Crippen LogP contribution in [0.25, 0.3) is 0 Å². The van der Waals surface area contributed by atoms with Crippen molar-refractivity contribution >= 4 is 5.97 Å². The zero-order chi connectivity index (χ0) is 18.1. The number of carbonyl (C=O) groups is 1. The smallest absolute Gasteiger partial charge is 0.305 e. The van der Waals surface area contributed by atoms with Gasteiger partial charge in [0.1, 0.15) is 37.1 Å². The van der Waals surface area contributed by atoms with Crippen LogP contribution in [0.1, 0.15) is 32.6 Å². The summed E-state index contributed by atoms with van der Waals surface area (Å²) in [6.07, 6.45) is -5.21. The van der Waals surface area contributed by atoms with Gasteiger partial charge in [-0.2, -0.15) is 0 Å². The quantitative estimate of drug-likeness (QED) is 0.229. The van der Waals surface area contributed by atoms with E-state index >= 15 is 0 Å². The Kier molecular flexibility index (Phi) is 9.67. The van der Waals surface area contributed by atoms with Crippen LogP contribution in [0.4, 0.5) is 0 Å². The highest BCUT2D eigenvalue weighted by Gasteiger charge is 2.44. The molecule has 1 fully saturated rings. The number of ether oxygens (including phenoxy) is 3. The van der Waals surface area contributed by atoms with Crippen molar-refractivity contribution in [3.63, 3.8) is 0 Å². The molecule has 9 nitrogen and oxygen atoms in total. The summed E-state index contributed by atoms with van der Waals surface area (Å²) in [5.41, 5.74) is 0. The van der Waals surface area contributed by atoms with Crippen molar-refractivity contribution in [1.82, 2.24) is 0 Å². The van der Waals surface area contributed by atoms with Crippen molar-refractivity contribution in [2.75, 3.05) is 19.8 Å². The minimum Gasteiger partial charge on any atom is -0.463 e. The summed E-state index contributed by atoms with van der Waals surface area (Å²) in [4.78, 5) is 11.5. The number of esters is 1. The molecule has 0 bridgehead atoms. The van der Waals surface area contributed by atoms with Crippen LogP contribution >= 0.6 is 0 Å². The number of hydrogen-bond donors (Lipinski definition) is 5. The molecule has 6 atom stereocenters. The van der Waals surface area contributed by atoms with E-state index in [2.05, 4.69) is 0 Å². The maximum Gasteiger partial charge on any atom is 0.305 e. The third-order valence-electron chi connectivity index (χ3n) is 3.79. The lowest BCUT2D eigenvalue weighted by Gasteiger charge is -2.40. The molecule has 0 saturated carbocycles. The molecule has 24 heavy (non-hydrogen) atoms. The molecule has 142 valence electrons. The van der Waals surface area contributed by atoms with Crippen LogP contribution in [0.15, 0.2) is 0 Å². The zero-order valence-electron chi connectivity index (χ0n) is 13.8. The molecule has 1 heterocycles. The van der Waals surface area contributed by atoms with Gasteiger partial charge in [0.2, 0.25) is 0 Å². The topological polar surface area (TPSA) is 146 Å². The van der Waals surface area contributed by atoms with E-state index in [9.17, 15) is 25.2 Å². The molecular weight excluding hydrogens is 324 g/mol. The Morgan fingerprint density at radius 1 is 1.12 bits per heavy atom. The van der Waals surface area contributed by atoms with Crippen molar-refractivity contribution in [2.24, 2.45) is 0 Å². The first-order valence-electron chi connectivity index (χ1n) is 8.17. The van der Waals surface area contributed by atoms with Gasteiger partial charge in [-0.3, -0.25) is 4.79 Å². The normalized spacial score (nSPS) is 31.7. The van der Waals surface area contributed by atoms with Gasteiger partial charge in [0.15, 0.2) is 6.29 Å². The summed E-state index contributed by atoms with van der Waals surface area (Å²) in [6.45, 7) is 0.691. The molecule has 5 N–H and O–H groups in total. The molecule has 0 unspecified atom stereocenters. The van der Waals surface area contributed by atoms with Crippen molar-refractivity contribution in [3.05, 3.63) is 0 Å². The molecule has 0 aromatic carbocycles. The van der Waals surface area contributed by atoms with E-state index < -0.39 is 56.0 Å². The van der Waals surface area contributed by atoms with Crippen LogP contribution in [0, 0.1) is 0 Å². The monoisotopic (exact) mass is 352 g/mol. The second-order valence-corrected chi connectivity index (χ2v) is 5.78. The summed E-state index contributed by atoms with van der Waals surface area (Å²) >= 11 is 0. The largest absolute Gasteiger partial charge is 0.463 e. The first kappa shape index (κ1) is 21.2. The van der Waals surface area contributed by atoms with Crippen molar-refractivity contribution in [3.8, 4) is 0 Å². The average molecular weight is 352 g/mol. The molecule has 0 aliphatic carbocycles. The SMILES string of the molecule is CCCCCC(=O)OC[C@H](CO)O[C@H]1O[C@H](CO)[C@@H](O)[C@H](O)[C@H]1O. The van der Waals surface area contributed by atoms with Gasteiger partial charge in [0, 0.05) is 6.42 Å². The molecule has 0 spiro atoms. The lowest BCUT2D eigenvalue weighted by Crippen LogP contribution is -2.60. The molecule has 1 saturated heterocycles. The summed E-state index contributed by atoms with van der Waals surface area (Å²) in [7, 11) is 0. The maximum atomic E-state index is 11.5. The lowest BCUT2D eigenvalue weighted by atomic mass is 9.99. The van der Waals surface area contributed by atoms with Crippen molar-refractivity contribution < 1.29 is 44.5 Å². The summed E-state index contributed by atoms with van der Waals surface area (Å²) in [6, 6.07) is 0. The van der Waals surface area contributed by atoms with Crippen molar-refractivity contribution in [2.45, 2.75) is 69.4 Å². The van der Waals surface area contributed by atoms with E-state index in [1.54, 1.807) is 0 Å². The summed E-state index contributed by atoms with van der Waals surface area (Å²) in [5, 5.41) is 47.6. The molecule has 1 aliphatic heterocycles. The molecule has 9 heteroatoms. The standard InChI is InChI=1S/C15H28O9/c1-2-3-4-5-11(18)22-8-9(6-16)23-15-14(21)13(20)12(19)10(7-17)24-15/h9-10,12-17,19-21H,2-8H2,1H3/t9-,10+,12+,13-,14+,15-/m0/s1. The van der Waals surface area contributed by atoms with E-state index in [4.69, 9.17) is 19.3 Å². The van der Waals surface area contributed by atoms with Gasteiger partial charge in [-0.05, 0) is 6.42 Å². The van der Waals surface area contributed by atoms with Gasteiger partial charge < -0.3 is 39.7 Å².